The van der Waals surface area contributed by atoms with Gasteiger partial charge in [0, 0.05) is 49.8 Å². The van der Waals surface area contributed by atoms with E-state index in [9.17, 15) is 0 Å². The highest BCUT2D eigenvalue weighted by Crippen LogP contribution is 2.56. The van der Waals surface area contributed by atoms with Crippen molar-refractivity contribution >= 4 is 66.7 Å². The molecular weight excluding hydrogens is 703 g/mol. The number of aromatic nitrogens is 1. The lowest BCUT2D eigenvalue weighted by atomic mass is 9.81. The zero-order chi connectivity index (χ0) is 39.9. The van der Waals surface area contributed by atoms with Crippen molar-refractivity contribution in [2.24, 2.45) is 0 Å². The normalized spacial score (nSPS) is 13.0. The maximum Gasteiger partial charge on any atom is 0.0709 e. The Bertz CT molecular complexity index is 3040. The van der Waals surface area contributed by atoms with E-state index < -0.39 is 0 Å². The molecule has 9 aromatic rings. The molecule has 3 heteroatoms. The number of aromatic amines is 1. The number of fused-ring (bicyclic) bond motifs is 8. The molecule has 58 heavy (non-hydrogen) atoms. The molecule has 1 heterocycles. The monoisotopic (exact) mass is 751 g/mol. The molecule has 0 amide bonds. The first kappa shape index (κ1) is 35.8. The van der Waals surface area contributed by atoms with Crippen LogP contribution in [-0.4, -0.2) is 4.98 Å². The quantitative estimate of drug-likeness (QED) is 0.175. The predicted molar refractivity (Wildman–Crippen MR) is 249 cm³/mol. The highest BCUT2D eigenvalue weighted by molar-refractivity contribution is 6.13. The first-order chi connectivity index (χ1) is 28.1. The van der Waals surface area contributed by atoms with Gasteiger partial charge in [-0.05, 0) is 137 Å². The summed E-state index contributed by atoms with van der Waals surface area (Å²) in [6, 6.07) is 58.7. The van der Waals surface area contributed by atoms with Gasteiger partial charge in [0.15, 0.2) is 0 Å². The number of para-hydroxylation sites is 3. The maximum atomic E-state index is 3.79. The molecule has 10 rings (SSSR count). The van der Waals surface area contributed by atoms with Crippen molar-refractivity contribution in [3.63, 3.8) is 0 Å². The summed E-state index contributed by atoms with van der Waals surface area (Å²) in [7, 11) is 0. The third-order valence-corrected chi connectivity index (χ3v) is 12.5. The smallest absolute Gasteiger partial charge is 0.0709 e. The van der Waals surface area contributed by atoms with Gasteiger partial charge in [0.25, 0.3) is 0 Å². The first-order valence-corrected chi connectivity index (χ1v) is 20.6. The number of aryl methyl sites for hydroxylation is 3. The van der Waals surface area contributed by atoms with Gasteiger partial charge in [-0.15, -0.1) is 0 Å². The van der Waals surface area contributed by atoms with E-state index in [-0.39, 0.29) is 5.41 Å². The van der Waals surface area contributed by atoms with Crippen LogP contribution >= 0.6 is 0 Å². The average molecular weight is 752 g/mol. The van der Waals surface area contributed by atoms with Crippen LogP contribution in [0.1, 0.15) is 67.0 Å². The molecule has 1 N–H and O–H groups in total. The molecule has 284 valence electrons. The Morgan fingerprint density at radius 1 is 0.483 bits per heavy atom. The molecule has 0 saturated heterocycles. The Balaban J connectivity index is 1.19. The van der Waals surface area contributed by atoms with Crippen LogP contribution in [-0.2, 0) is 5.41 Å². The number of benzene rings is 8. The van der Waals surface area contributed by atoms with Gasteiger partial charge in [0.1, 0.15) is 0 Å². The minimum absolute atomic E-state index is 0.278. The molecule has 1 aliphatic rings. The molecule has 0 aliphatic heterocycles. The lowest BCUT2D eigenvalue weighted by Gasteiger charge is -2.31. The summed E-state index contributed by atoms with van der Waals surface area (Å²) in [5.41, 5.74) is 19.5. The number of nitrogens with zero attached hydrogens (tertiary/aromatic N) is 2. The van der Waals surface area contributed by atoms with Crippen LogP contribution in [0, 0.1) is 20.8 Å². The fourth-order valence-electron chi connectivity index (χ4n) is 9.70. The number of anilines is 6. The van der Waals surface area contributed by atoms with Gasteiger partial charge in [-0.3, -0.25) is 0 Å². The lowest BCUT2D eigenvalue weighted by Crippen LogP contribution is -2.18. The zero-order valence-electron chi connectivity index (χ0n) is 34.5. The Morgan fingerprint density at radius 3 is 1.91 bits per heavy atom. The SMILES string of the molecule is Cc1cc(C)cc(N(c2ccc(C(C)C)cc2C)c2cc3c(c4ccccc24)-c2ccc(N(c4ccccc4)c4cccc5c4[nH]c4ccccc45)cc2C3(C)C)c1. The summed E-state index contributed by atoms with van der Waals surface area (Å²) < 4.78 is 0. The van der Waals surface area contributed by atoms with Gasteiger partial charge in [0.2, 0.25) is 0 Å². The molecule has 0 unspecified atom stereocenters. The number of hydrogen-bond donors (Lipinski definition) is 1. The molecule has 0 bridgehead atoms. The van der Waals surface area contributed by atoms with E-state index in [4.69, 9.17) is 0 Å². The average Bonchev–Trinajstić information content (AvgIpc) is 3.71. The minimum Gasteiger partial charge on any atom is -0.353 e. The highest BCUT2D eigenvalue weighted by atomic mass is 15.2. The second-order valence-corrected chi connectivity index (χ2v) is 17.1. The first-order valence-electron chi connectivity index (χ1n) is 20.6. The van der Waals surface area contributed by atoms with Crippen LogP contribution in [0.5, 0.6) is 0 Å². The van der Waals surface area contributed by atoms with E-state index in [1.807, 2.05) is 0 Å². The Labute approximate surface area is 342 Å². The number of nitrogens with one attached hydrogen (secondary N) is 1. The molecule has 0 atom stereocenters. The van der Waals surface area contributed by atoms with Crippen molar-refractivity contribution in [3.05, 3.63) is 191 Å². The second kappa shape index (κ2) is 13.5. The Morgan fingerprint density at radius 2 is 1.17 bits per heavy atom. The van der Waals surface area contributed by atoms with Gasteiger partial charge >= 0.3 is 0 Å². The molecule has 1 aliphatic carbocycles. The van der Waals surface area contributed by atoms with Gasteiger partial charge in [0.05, 0.1) is 16.9 Å². The maximum absolute atomic E-state index is 3.79. The molecule has 0 radical (unpaired) electrons. The van der Waals surface area contributed by atoms with E-state index in [0.717, 1.165) is 28.1 Å². The van der Waals surface area contributed by atoms with Crippen LogP contribution in [0.2, 0.25) is 0 Å². The van der Waals surface area contributed by atoms with Gasteiger partial charge < -0.3 is 14.8 Å². The summed E-state index contributed by atoms with van der Waals surface area (Å²) in [4.78, 5) is 8.73. The van der Waals surface area contributed by atoms with Crippen molar-refractivity contribution < 1.29 is 0 Å². The molecule has 0 saturated carbocycles. The molecular formula is C55H49N3. The summed E-state index contributed by atoms with van der Waals surface area (Å²) >= 11 is 0. The lowest BCUT2D eigenvalue weighted by molar-refractivity contribution is 0.661. The fourth-order valence-corrected chi connectivity index (χ4v) is 9.70. The predicted octanol–water partition coefficient (Wildman–Crippen LogP) is 15.8. The van der Waals surface area contributed by atoms with E-state index in [1.165, 1.54) is 83.1 Å². The molecule has 1 aromatic heterocycles. The van der Waals surface area contributed by atoms with E-state index >= 15 is 0 Å². The second-order valence-electron chi connectivity index (χ2n) is 17.1. The number of hydrogen-bond acceptors (Lipinski definition) is 2. The minimum atomic E-state index is -0.278. The van der Waals surface area contributed by atoms with Crippen molar-refractivity contribution in [2.45, 2.75) is 59.8 Å². The van der Waals surface area contributed by atoms with Crippen LogP contribution in [0.15, 0.2) is 158 Å². The molecule has 0 fully saturated rings. The van der Waals surface area contributed by atoms with Crippen LogP contribution in [0.3, 0.4) is 0 Å². The third-order valence-electron chi connectivity index (χ3n) is 12.5. The standard InChI is InChI=1S/C55H49N3/c1-34(2)38-24-27-50(37(5)31-38)58(41-29-35(3)28-36(4)30-41)52-33-48-53(44-20-12-11-19-43(44)52)46-26-25-40(32-47(46)55(48,6)7)57(39-16-9-8-10-17-39)51-23-15-21-45-42-18-13-14-22-49(42)56-54(45)51/h8-34,56H,1-7H3. The third kappa shape index (κ3) is 5.63. The molecule has 8 aromatic carbocycles. The van der Waals surface area contributed by atoms with Crippen LogP contribution in [0.4, 0.5) is 34.1 Å². The zero-order valence-corrected chi connectivity index (χ0v) is 34.5. The van der Waals surface area contributed by atoms with Crippen molar-refractivity contribution in [1.29, 1.82) is 0 Å². The summed E-state index contributed by atoms with van der Waals surface area (Å²) in [5, 5.41) is 4.99. The van der Waals surface area contributed by atoms with Crippen molar-refractivity contribution in [3.8, 4) is 11.1 Å². The van der Waals surface area contributed by atoms with E-state index in [0.29, 0.717) is 5.92 Å². The van der Waals surface area contributed by atoms with Gasteiger partial charge in [-0.2, -0.15) is 0 Å². The summed E-state index contributed by atoms with van der Waals surface area (Å²) in [6.45, 7) is 16.1. The highest BCUT2D eigenvalue weighted by Gasteiger charge is 2.39. The van der Waals surface area contributed by atoms with Crippen LogP contribution in [0.25, 0.3) is 43.7 Å². The van der Waals surface area contributed by atoms with Crippen LogP contribution < -0.4 is 9.80 Å². The largest absolute Gasteiger partial charge is 0.353 e. The van der Waals surface area contributed by atoms with Gasteiger partial charge in [-0.1, -0.05) is 125 Å². The van der Waals surface area contributed by atoms with Crippen molar-refractivity contribution in [2.75, 3.05) is 9.80 Å². The molecule has 3 nitrogen and oxygen atoms in total. The Kier molecular flexibility index (Phi) is 8.35. The number of rotatable bonds is 7. The summed E-state index contributed by atoms with van der Waals surface area (Å²) in [5.74, 6) is 0.459. The fraction of sp³-hybridized carbons (Fsp3) is 0.164. The Hall–Kier alpha value is -6.58. The van der Waals surface area contributed by atoms with Gasteiger partial charge in [-0.25, -0.2) is 0 Å². The number of H-pyrrole nitrogens is 1. The van der Waals surface area contributed by atoms with E-state index in [2.05, 4.69) is 221 Å². The summed E-state index contributed by atoms with van der Waals surface area (Å²) in [6.07, 6.45) is 0. The van der Waals surface area contributed by atoms with E-state index in [1.54, 1.807) is 0 Å². The van der Waals surface area contributed by atoms with Crippen molar-refractivity contribution in [1.82, 2.24) is 4.98 Å². The molecule has 0 spiro atoms. The topological polar surface area (TPSA) is 22.3 Å².